The van der Waals surface area contributed by atoms with Crippen molar-refractivity contribution in [2.75, 3.05) is 5.32 Å². The van der Waals surface area contributed by atoms with Crippen molar-refractivity contribution in [1.29, 1.82) is 0 Å². The molecule has 1 rings (SSSR count). The van der Waals surface area contributed by atoms with Crippen LogP contribution in [0, 0.1) is 0 Å². The van der Waals surface area contributed by atoms with Gasteiger partial charge in [-0.25, -0.2) is 0 Å². The summed E-state index contributed by atoms with van der Waals surface area (Å²) in [5.74, 6) is -0.196. The molecule has 0 aromatic heterocycles. The molecule has 0 heterocycles. The summed E-state index contributed by atoms with van der Waals surface area (Å²) < 4.78 is 10.9. The van der Waals surface area contributed by atoms with Gasteiger partial charge in [0.2, 0.25) is 5.91 Å². The normalized spacial score (nSPS) is 11.1. The average molecular weight is 229 g/mol. The van der Waals surface area contributed by atoms with Crippen LogP contribution in [0.15, 0.2) is 24.3 Å². The minimum atomic E-state index is -4.25. The fourth-order valence-electron chi connectivity index (χ4n) is 1.01. The number of carbonyl (C=O) groups excluding carboxylic acids is 1. The third kappa shape index (κ3) is 3.47. The number of rotatable bonds is 3. The molecule has 0 radical (unpaired) electrons. The lowest BCUT2D eigenvalue weighted by Gasteiger charge is -2.07. The first-order valence-electron chi connectivity index (χ1n) is 4.39. The van der Waals surface area contributed by atoms with Crippen molar-refractivity contribution in [2.24, 2.45) is 0 Å². The highest BCUT2D eigenvalue weighted by Gasteiger charge is 2.16. The van der Waals surface area contributed by atoms with E-state index in [-0.39, 0.29) is 11.2 Å². The molecular formula is C9H12NO4P. The molecule has 0 saturated carbocycles. The maximum Gasteiger partial charge on any atom is 0.356 e. The zero-order valence-electron chi connectivity index (χ0n) is 8.17. The van der Waals surface area contributed by atoms with Gasteiger partial charge in [0.05, 0.1) is 5.30 Å². The molecule has 0 bridgehead atoms. The summed E-state index contributed by atoms with van der Waals surface area (Å²) in [5.41, 5.74) is 0.391. The molecule has 0 unspecified atom stereocenters. The van der Waals surface area contributed by atoms with Gasteiger partial charge in [-0.2, -0.15) is 0 Å². The molecule has 0 atom stereocenters. The Kier molecular flexibility index (Phi) is 3.63. The molecule has 5 nitrogen and oxygen atoms in total. The quantitative estimate of drug-likeness (QED) is 0.670. The zero-order valence-corrected chi connectivity index (χ0v) is 9.07. The second-order valence-corrected chi connectivity index (χ2v) is 4.60. The predicted molar refractivity (Wildman–Crippen MR) is 57.0 cm³/mol. The van der Waals surface area contributed by atoms with Crippen molar-refractivity contribution >= 4 is 24.5 Å². The third-order valence-corrected chi connectivity index (χ3v) is 2.74. The van der Waals surface area contributed by atoms with Crippen LogP contribution >= 0.6 is 7.60 Å². The number of benzene rings is 1. The lowest BCUT2D eigenvalue weighted by atomic mass is 10.3. The first-order chi connectivity index (χ1) is 6.93. The van der Waals surface area contributed by atoms with Crippen LogP contribution in [0.5, 0.6) is 0 Å². The van der Waals surface area contributed by atoms with Gasteiger partial charge in [-0.15, -0.1) is 0 Å². The van der Waals surface area contributed by atoms with Crippen LogP contribution in [0.4, 0.5) is 5.69 Å². The second-order valence-electron chi connectivity index (χ2n) is 3.00. The summed E-state index contributed by atoms with van der Waals surface area (Å²) in [6, 6.07) is 5.66. The van der Waals surface area contributed by atoms with Gasteiger partial charge in [0.15, 0.2) is 0 Å². The van der Waals surface area contributed by atoms with E-state index in [1.54, 1.807) is 13.0 Å². The van der Waals surface area contributed by atoms with E-state index in [1.165, 1.54) is 18.2 Å². The number of amides is 1. The van der Waals surface area contributed by atoms with E-state index in [0.29, 0.717) is 12.1 Å². The third-order valence-electron chi connectivity index (χ3n) is 1.79. The minimum absolute atomic E-state index is 0.101. The van der Waals surface area contributed by atoms with E-state index in [4.69, 9.17) is 9.79 Å². The van der Waals surface area contributed by atoms with E-state index in [2.05, 4.69) is 5.32 Å². The van der Waals surface area contributed by atoms with Crippen molar-refractivity contribution in [3.63, 3.8) is 0 Å². The molecule has 3 N–H and O–H groups in total. The highest BCUT2D eigenvalue weighted by Crippen LogP contribution is 2.33. The van der Waals surface area contributed by atoms with Crippen molar-refractivity contribution in [2.45, 2.75) is 13.3 Å². The number of hydrogen-bond donors (Lipinski definition) is 3. The molecule has 0 spiro atoms. The van der Waals surface area contributed by atoms with Crippen LogP contribution in [0.25, 0.3) is 0 Å². The van der Waals surface area contributed by atoms with E-state index in [9.17, 15) is 9.36 Å². The molecule has 0 aliphatic heterocycles. The molecule has 1 aromatic carbocycles. The van der Waals surface area contributed by atoms with Gasteiger partial charge < -0.3 is 15.1 Å². The Bertz CT molecular complexity index is 412. The van der Waals surface area contributed by atoms with Gasteiger partial charge in [0.1, 0.15) is 0 Å². The van der Waals surface area contributed by atoms with Gasteiger partial charge in [0, 0.05) is 12.1 Å². The molecule has 1 aromatic rings. The molecule has 1 amide bonds. The molecule has 15 heavy (non-hydrogen) atoms. The fourth-order valence-corrected chi connectivity index (χ4v) is 1.60. The Morgan fingerprint density at radius 3 is 2.67 bits per heavy atom. The van der Waals surface area contributed by atoms with Crippen LogP contribution in [0.3, 0.4) is 0 Å². The highest BCUT2D eigenvalue weighted by atomic mass is 31.2. The van der Waals surface area contributed by atoms with Crippen LogP contribution < -0.4 is 10.6 Å². The first-order valence-corrected chi connectivity index (χ1v) is 6.00. The van der Waals surface area contributed by atoms with Crippen molar-refractivity contribution in [3.05, 3.63) is 24.3 Å². The molecule has 82 valence electrons. The number of anilines is 1. The summed E-state index contributed by atoms with van der Waals surface area (Å²) in [4.78, 5) is 28.8. The van der Waals surface area contributed by atoms with Gasteiger partial charge in [-0.05, 0) is 18.2 Å². The lowest BCUT2D eigenvalue weighted by molar-refractivity contribution is -0.115. The van der Waals surface area contributed by atoms with Gasteiger partial charge >= 0.3 is 7.60 Å². The Balaban J connectivity index is 2.93. The smallest absolute Gasteiger partial charge is 0.326 e. The Morgan fingerprint density at radius 1 is 1.47 bits per heavy atom. The van der Waals surface area contributed by atoms with Crippen LogP contribution in [0.2, 0.25) is 0 Å². The van der Waals surface area contributed by atoms with E-state index in [1.807, 2.05) is 0 Å². The topological polar surface area (TPSA) is 86.6 Å². The summed E-state index contributed by atoms with van der Waals surface area (Å²) in [5, 5.41) is 2.42. The van der Waals surface area contributed by atoms with Gasteiger partial charge in [-0.1, -0.05) is 13.0 Å². The molecule has 0 aliphatic carbocycles. The monoisotopic (exact) mass is 229 g/mol. The van der Waals surface area contributed by atoms with E-state index < -0.39 is 7.60 Å². The van der Waals surface area contributed by atoms with Crippen LogP contribution in [-0.2, 0) is 9.36 Å². The van der Waals surface area contributed by atoms with Crippen molar-refractivity contribution in [1.82, 2.24) is 0 Å². The van der Waals surface area contributed by atoms with E-state index >= 15 is 0 Å². The minimum Gasteiger partial charge on any atom is -0.326 e. The predicted octanol–water partition coefficient (Wildman–Crippen LogP) is 0.838. The molecule has 6 heteroatoms. The number of nitrogens with one attached hydrogen (secondary N) is 1. The molecule has 0 fully saturated rings. The van der Waals surface area contributed by atoms with Gasteiger partial charge in [-0.3, -0.25) is 9.36 Å². The maximum atomic E-state index is 11.0. The standard InChI is InChI=1S/C9H12NO4P/c1-2-9(11)10-7-4-3-5-8(6-7)15(12,13)14/h3-6H,2H2,1H3,(H,10,11)(H2,12,13,14). The number of hydrogen-bond acceptors (Lipinski definition) is 2. The summed E-state index contributed by atoms with van der Waals surface area (Å²) in [7, 11) is -4.25. The Labute approximate surface area is 87.3 Å². The van der Waals surface area contributed by atoms with Crippen LogP contribution in [0.1, 0.15) is 13.3 Å². The molecule has 0 aliphatic rings. The average Bonchev–Trinajstić information content (AvgIpc) is 2.17. The Hall–Kier alpha value is -1.16. The van der Waals surface area contributed by atoms with Gasteiger partial charge in [0.25, 0.3) is 0 Å². The summed E-state index contributed by atoms with van der Waals surface area (Å²) in [6.07, 6.45) is 0.320. The summed E-state index contributed by atoms with van der Waals surface area (Å²) in [6.45, 7) is 1.70. The largest absolute Gasteiger partial charge is 0.356 e. The SMILES string of the molecule is CCC(=O)Nc1cccc(P(=O)(O)O)c1. The summed E-state index contributed by atoms with van der Waals surface area (Å²) >= 11 is 0. The lowest BCUT2D eigenvalue weighted by Crippen LogP contribution is -2.12. The fraction of sp³-hybridized carbons (Fsp3) is 0.222. The second kappa shape index (κ2) is 4.57. The van der Waals surface area contributed by atoms with Crippen molar-refractivity contribution < 1.29 is 19.1 Å². The first kappa shape index (κ1) is 11.9. The molecule has 0 saturated heterocycles. The Morgan fingerprint density at radius 2 is 2.13 bits per heavy atom. The zero-order chi connectivity index (χ0) is 11.5. The highest BCUT2D eigenvalue weighted by molar-refractivity contribution is 7.60. The maximum absolute atomic E-state index is 11.0. The van der Waals surface area contributed by atoms with Crippen LogP contribution in [-0.4, -0.2) is 15.7 Å². The molecular weight excluding hydrogens is 217 g/mol. The van der Waals surface area contributed by atoms with E-state index in [0.717, 1.165) is 0 Å². The van der Waals surface area contributed by atoms with Crippen molar-refractivity contribution in [3.8, 4) is 0 Å². The number of carbonyl (C=O) groups is 1.